The Hall–Kier alpha value is -1.49. The molecule has 1 aromatic carbocycles. The first-order valence-corrected chi connectivity index (χ1v) is 6.20. The van der Waals surface area contributed by atoms with Crippen molar-refractivity contribution in [2.24, 2.45) is 5.73 Å². The quantitative estimate of drug-likeness (QED) is 0.626. The minimum absolute atomic E-state index is 0.314. The highest BCUT2D eigenvalue weighted by molar-refractivity contribution is 7.99. The van der Waals surface area contributed by atoms with Crippen LogP contribution in [0.4, 0.5) is 0 Å². The summed E-state index contributed by atoms with van der Waals surface area (Å²) in [6.07, 6.45) is 0. The second kappa shape index (κ2) is 6.30. The monoisotopic (exact) mass is 252 g/mol. The zero-order valence-electron chi connectivity index (χ0n) is 9.90. The van der Waals surface area contributed by atoms with E-state index in [4.69, 9.17) is 5.73 Å². The first kappa shape index (κ1) is 13.6. The summed E-state index contributed by atoms with van der Waals surface area (Å²) in [6.45, 7) is 4.58. The van der Waals surface area contributed by atoms with Crippen molar-refractivity contribution < 1.29 is 9.59 Å². The summed E-state index contributed by atoms with van der Waals surface area (Å²) >= 11 is 1.77. The van der Waals surface area contributed by atoms with Gasteiger partial charge in [-0.3, -0.25) is 9.59 Å². The molecule has 0 aliphatic carbocycles. The van der Waals surface area contributed by atoms with Gasteiger partial charge in [0.2, 0.25) is 0 Å². The van der Waals surface area contributed by atoms with Crippen LogP contribution in [0.25, 0.3) is 0 Å². The van der Waals surface area contributed by atoms with E-state index in [1.54, 1.807) is 11.8 Å². The molecule has 17 heavy (non-hydrogen) atoms. The number of primary amides is 1. The van der Waals surface area contributed by atoms with Gasteiger partial charge in [-0.1, -0.05) is 26.0 Å². The minimum Gasteiger partial charge on any atom is -0.361 e. The van der Waals surface area contributed by atoms with E-state index >= 15 is 0 Å². The van der Waals surface area contributed by atoms with Crippen LogP contribution in [-0.4, -0.2) is 17.1 Å². The van der Waals surface area contributed by atoms with Crippen LogP contribution in [0.3, 0.4) is 0 Å². The molecule has 0 fully saturated rings. The van der Waals surface area contributed by atoms with Crippen LogP contribution in [0.1, 0.15) is 19.4 Å². The minimum atomic E-state index is -0.961. The van der Waals surface area contributed by atoms with Crippen LogP contribution in [0, 0.1) is 0 Å². The van der Waals surface area contributed by atoms with E-state index in [9.17, 15) is 9.59 Å². The lowest BCUT2D eigenvalue weighted by Gasteiger charge is -2.06. The number of benzene rings is 1. The smallest absolute Gasteiger partial charge is 0.309 e. The van der Waals surface area contributed by atoms with Crippen molar-refractivity contribution >= 4 is 23.6 Å². The second-order valence-corrected chi connectivity index (χ2v) is 5.51. The molecule has 0 aliphatic heterocycles. The molecule has 4 nitrogen and oxygen atoms in total. The van der Waals surface area contributed by atoms with Crippen LogP contribution in [0.5, 0.6) is 0 Å². The Labute approximate surface area is 105 Å². The Morgan fingerprint density at radius 2 is 1.88 bits per heavy atom. The van der Waals surface area contributed by atoms with Crippen molar-refractivity contribution in [2.45, 2.75) is 30.5 Å². The Morgan fingerprint density at radius 3 is 2.35 bits per heavy atom. The standard InChI is InChI=1S/C12H16N2O2S/c1-8(2)17-10-5-3-9(4-6-10)7-14-12(16)11(13)15/h3-6,8H,7H2,1-2H3,(H2,13,15)(H,14,16). The van der Waals surface area contributed by atoms with E-state index in [2.05, 4.69) is 19.2 Å². The highest BCUT2D eigenvalue weighted by atomic mass is 32.2. The number of thioether (sulfide) groups is 1. The molecule has 0 atom stereocenters. The number of amides is 2. The van der Waals surface area contributed by atoms with Gasteiger partial charge in [-0.2, -0.15) is 0 Å². The molecule has 0 bridgehead atoms. The van der Waals surface area contributed by atoms with Gasteiger partial charge in [0, 0.05) is 16.7 Å². The van der Waals surface area contributed by atoms with Crippen LogP contribution < -0.4 is 11.1 Å². The van der Waals surface area contributed by atoms with Crippen LogP contribution in [0.15, 0.2) is 29.2 Å². The number of carbonyl (C=O) groups excluding carboxylic acids is 2. The molecule has 0 saturated heterocycles. The molecule has 0 aliphatic rings. The molecule has 92 valence electrons. The van der Waals surface area contributed by atoms with Crippen molar-refractivity contribution in [3.05, 3.63) is 29.8 Å². The summed E-state index contributed by atoms with van der Waals surface area (Å²) < 4.78 is 0. The molecule has 5 heteroatoms. The third kappa shape index (κ3) is 4.91. The fourth-order valence-corrected chi connectivity index (χ4v) is 2.07. The van der Waals surface area contributed by atoms with E-state index < -0.39 is 11.8 Å². The van der Waals surface area contributed by atoms with Gasteiger partial charge in [0.1, 0.15) is 0 Å². The normalized spacial score (nSPS) is 10.3. The maximum atomic E-state index is 10.9. The largest absolute Gasteiger partial charge is 0.361 e. The number of hydrogen-bond donors (Lipinski definition) is 2. The summed E-state index contributed by atoms with van der Waals surface area (Å²) in [5.74, 6) is -1.72. The third-order valence-electron chi connectivity index (χ3n) is 1.97. The van der Waals surface area contributed by atoms with E-state index in [0.29, 0.717) is 11.8 Å². The lowest BCUT2D eigenvalue weighted by Crippen LogP contribution is -2.35. The van der Waals surface area contributed by atoms with Gasteiger partial charge in [0.15, 0.2) is 0 Å². The topological polar surface area (TPSA) is 72.2 Å². The highest BCUT2D eigenvalue weighted by Gasteiger charge is 2.07. The molecule has 0 aromatic heterocycles. The number of hydrogen-bond acceptors (Lipinski definition) is 3. The lowest BCUT2D eigenvalue weighted by atomic mass is 10.2. The molecule has 0 saturated carbocycles. The summed E-state index contributed by atoms with van der Waals surface area (Å²) in [4.78, 5) is 22.6. The molecular formula is C12H16N2O2S. The Bertz CT molecular complexity index is 401. The summed E-state index contributed by atoms with van der Waals surface area (Å²) in [6, 6.07) is 7.84. The van der Waals surface area contributed by atoms with Gasteiger partial charge in [0.05, 0.1) is 0 Å². The average molecular weight is 252 g/mol. The van der Waals surface area contributed by atoms with Crippen molar-refractivity contribution in [1.29, 1.82) is 0 Å². The summed E-state index contributed by atoms with van der Waals surface area (Å²) in [7, 11) is 0. The van der Waals surface area contributed by atoms with Crippen LogP contribution in [-0.2, 0) is 16.1 Å². The van der Waals surface area contributed by atoms with Gasteiger partial charge in [-0.05, 0) is 17.7 Å². The van der Waals surface area contributed by atoms with Gasteiger partial charge in [-0.25, -0.2) is 0 Å². The molecule has 0 radical (unpaired) electrons. The predicted octanol–water partition coefficient (Wildman–Crippen LogP) is 1.29. The van der Waals surface area contributed by atoms with Crippen molar-refractivity contribution in [3.8, 4) is 0 Å². The first-order chi connectivity index (χ1) is 7.99. The maximum Gasteiger partial charge on any atom is 0.309 e. The number of carbonyl (C=O) groups is 2. The van der Waals surface area contributed by atoms with Crippen molar-refractivity contribution in [1.82, 2.24) is 5.32 Å². The average Bonchev–Trinajstić information content (AvgIpc) is 2.26. The highest BCUT2D eigenvalue weighted by Crippen LogP contribution is 2.22. The van der Waals surface area contributed by atoms with Crippen molar-refractivity contribution in [2.75, 3.05) is 0 Å². The molecule has 1 aromatic rings. The van der Waals surface area contributed by atoms with E-state index in [-0.39, 0.29) is 0 Å². The SMILES string of the molecule is CC(C)Sc1ccc(CNC(=O)C(N)=O)cc1. The molecule has 2 amide bonds. The maximum absolute atomic E-state index is 10.9. The van der Waals surface area contributed by atoms with Crippen molar-refractivity contribution in [3.63, 3.8) is 0 Å². The molecular weight excluding hydrogens is 236 g/mol. The van der Waals surface area contributed by atoms with E-state index in [1.165, 1.54) is 4.90 Å². The predicted molar refractivity (Wildman–Crippen MR) is 68.5 cm³/mol. The Balaban J connectivity index is 2.51. The van der Waals surface area contributed by atoms with Gasteiger partial charge < -0.3 is 11.1 Å². The molecule has 0 spiro atoms. The fourth-order valence-electron chi connectivity index (χ4n) is 1.23. The van der Waals surface area contributed by atoms with Gasteiger partial charge >= 0.3 is 11.8 Å². The van der Waals surface area contributed by atoms with Crippen LogP contribution in [0.2, 0.25) is 0 Å². The van der Waals surface area contributed by atoms with Gasteiger partial charge in [0.25, 0.3) is 0 Å². The number of nitrogens with two attached hydrogens (primary N) is 1. The molecule has 1 rings (SSSR count). The third-order valence-corrected chi connectivity index (χ3v) is 2.99. The zero-order chi connectivity index (χ0) is 12.8. The Morgan fingerprint density at radius 1 is 1.29 bits per heavy atom. The summed E-state index contributed by atoms with van der Waals surface area (Å²) in [5.41, 5.74) is 5.76. The van der Waals surface area contributed by atoms with E-state index in [1.807, 2.05) is 24.3 Å². The molecule has 3 N–H and O–H groups in total. The van der Waals surface area contributed by atoms with Gasteiger partial charge in [-0.15, -0.1) is 11.8 Å². The number of rotatable bonds is 4. The van der Waals surface area contributed by atoms with E-state index in [0.717, 1.165) is 5.56 Å². The lowest BCUT2D eigenvalue weighted by molar-refractivity contribution is -0.137. The molecule has 0 unspecified atom stereocenters. The van der Waals surface area contributed by atoms with Crippen LogP contribution >= 0.6 is 11.8 Å². The summed E-state index contributed by atoms with van der Waals surface area (Å²) in [5, 5.41) is 2.98. The molecule has 0 heterocycles. The number of nitrogens with one attached hydrogen (secondary N) is 1. The first-order valence-electron chi connectivity index (χ1n) is 5.32. The Kier molecular flexibility index (Phi) is 5.03. The fraction of sp³-hybridized carbons (Fsp3) is 0.333. The zero-order valence-corrected chi connectivity index (χ0v) is 10.7. The second-order valence-electron chi connectivity index (χ2n) is 3.86.